The highest BCUT2D eigenvalue weighted by Gasteiger charge is 2.55. The van der Waals surface area contributed by atoms with E-state index in [2.05, 4.69) is 91.8 Å². The molecule has 57 heavy (non-hydrogen) atoms. The number of nitrogens with zero attached hydrogens (tertiary/aromatic N) is 7. The fourth-order valence-electron chi connectivity index (χ4n) is 7.09. The largest absolute Gasteiger partial charge is 0.480 e. The lowest BCUT2D eigenvalue weighted by Crippen LogP contribution is -2.37. The molecular formula is C38H44Br2N12O5. The third kappa shape index (κ3) is 8.28. The van der Waals surface area contributed by atoms with Gasteiger partial charge in [0, 0.05) is 59.0 Å². The summed E-state index contributed by atoms with van der Waals surface area (Å²) in [5, 5.41) is 44.6. The van der Waals surface area contributed by atoms with Crippen LogP contribution in [0, 0.1) is 44.3 Å². The molecule has 2 unspecified atom stereocenters. The van der Waals surface area contributed by atoms with Gasteiger partial charge in [0.05, 0.1) is 64.1 Å². The number of rotatable bonds is 8. The Labute approximate surface area is 345 Å². The molecule has 0 radical (unpaired) electrons. The lowest BCUT2D eigenvalue weighted by Gasteiger charge is -2.28. The Morgan fingerprint density at radius 2 is 1.30 bits per heavy atom. The van der Waals surface area contributed by atoms with Gasteiger partial charge in [-0.25, -0.2) is 9.03 Å². The Morgan fingerprint density at radius 1 is 0.825 bits per heavy atom. The van der Waals surface area contributed by atoms with Crippen LogP contribution in [0.5, 0.6) is 0 Å². The second kappa shape index (κ2) is 15.3. The van der Waals surface area contributed by atoms with Crippen molar-refractivity contribution in [1.29, 1.82) is 10.5 Å². The van der Waals surface area contributed by atoms with Gasteiger partial charge in [-0.15, -0.1) is 0 Å². The maximum atomic E-state index is 12.8. The molecular weight excluding hydrogens is 864 g/mol. The maximum absolute atomic E-state index is 12.8. The van der Waals surface area contributed by atoms with Gasteiger partial charge < -0.3 is 37.4 Å². The van der Waals surface area contributed by atoms with Crippen LogP contribution < -0.4 is 27.4 Å². The molecule has 0 bridgehead atoms. The Kier molecular flexibility index (Phi) is 11.1. The van der Waals surface area contributed by atoms with Crippen molar-refractivity contribution in [3.05, 3.63) is 57.0 Å². The molecule has 4 aromatic heterocycles. The number of hydrogen-bond donors (Lipinski definition) is 6. The van der Waals surface area contributed by atoms with E-state index in [9.17, 15) is 24.4 Å². The monoisotopic (exact) mass is 906 g/mol. The number of nitrogens with two attached hydrogens (primary N) is 2. The van der Waals surface area contributed by atoms with E-state index >= 15 is 0 Å². The second-order valence-electron chi connectivity index (χ2n) is 16.5. The lowest BCUT2D eigenvalue weighted by molar-refractivity contribution is -0.141. The quantitative estimate of drug-likeness (QED) is 0.146. The number of aromatic nitrogens is 4. The Balaban J connectivity index is 0.000000166. The third-order valence-corrected chi connectivity index (χ3v) is 12.1. The molecule has 2 saturated carbocycles. The van der Waals surface area contributed by atoms with Crippen molar-refractivity contribution >= 4 is 78.0 Å². The topological polar surface area (TPSA) is 262 Å². The Bertz CT molecular complexity index is 2370. The average molecular weight is 909 g/mol. The molecule has 2 aliphatic carbocycles. The number of primary amides is 2. The van der Waals surface area contributed by atoms with Gasteiger partial charge in [0.15, 0.2) is 5.41 Å². The summed E-state index contributed by atoms with van der Waals surface area (Å²) in [5.41, 5.74) is 12.7. The Hall–Kier alpha value is -5.24. The van der Waals surface area contributed by atoms with Crippen molar-refractivity contribution < 1.29 is 24.3 Å². The van der Waals surface area contributed by atoms with Gasteiger partial charge in [0.25, 0.3) is 11.8 Å². The number of nitriles is 2. The minimum absolute atomic E-state index is 0.0900. The van der Waals surface area contributed by atoms with E-state index < -0.39 is 28.6 Å². The van der Waals surface area contributed by atoms with Crippen LogP contribution in [0.1, 0.15) is 74.1 Å². The average Bonchev–Trinajstić information content (AvgIpc) is 3.98. The highest BCUT2D eigenvalue weighted by atomic mass is 79.9. The van der Waals surface area contributed by atoms with Gasteiger partial charge in [-0.2, -0.15) is 20.7 Å². The summed E-state index contributed by atoms with van der Waals surface area (Å²) in [6.45, 7) is 11.3. The highest BCUT2D eigenvalue weighted by molar-refractivity contribution is 9.10. The normalized spacial score (nSPS) is 21.5. The fraction of sp³-hybridized carbons (Fsp3) is 0.474. The standard InChI is InChI=1S/C19H21BrN6O2.C14H18BrN5O.C5H5NO2/c1-18(2)10-25(17(28)19(9-21)3-4-19)8-14(18)24-15-12(16(22)27)6-23-26-7-11(20)5-13(15)26;1-14(2)7-17-5-11(14)19-12-9(13(16)21)4-18-20-6-8(15)3-10(12)20;6-3-5(1-2-5)4(7)8/h5-7,14,24H,3-4,8,10H2,1-2H3,(H2,22,27);3-4,6,11,17,19H,5,7H2,1-2H3,(H2,16,21);1-2H2,(H,7,8). The summed E-state index contributed by atoms with van der Waals surface area (Å²) in [6.07, 6.45) is 8.92. The lowest BCUT2D eigenvalue weighted by atomic mass is 9.87. The minimum Gasteiger partial charge on any atom is -0.480 e. The van der Waals surface area contributed by atoms with E-state index in [0.717, 1.165) is 38.8 Å². The number of fused-ring (bicyclic) bond motifs is 2. The van der Waals surface area contributed by atoms with E-state index in [4.69, 9.17) is 21.8 Å². The van der Waals surface area contributed by atoms with E-state index in [0.29, 0.717) is 55.6 Å². The van der Waals surface area contributed by atoms with Crippen molar-refractivity contribution in [2.75, 3.05) is 36.8 Å². The zero-order valence-electron chi connectivity index (χ0n) is 31.9. The highest BCUT2D eigenvalue weighted by Crippen LogP contribution is 2.48. The van der Waals surface area contributed by atoms with Crippen molar-refractivity contribution in [2.45, 2.75) is 65.5 Å². The van der Waals surface area contributed by atoms with Crippen LogP contribution in [0.3, 0.4) is 0 Å². The molecule has 0 spiro atoms. The number of hydrogen-bond acceptors (Lipinski definition) is 11. The zero-order chi connectivity index (χ0) is 41.7. The van der Waals surface area contributed by atoms with E-state index in [1.54, 1.807) is 26.2 Å². The summed E-state index contributed by atoms with van der Waals surface area (Å²) in [6, 6.07) is 7.84. The minimum atomic E-state index is -0.986. The van der Waals surface area contributed by atoms with Gasteiger partial charge in [0.2, 0.25) is 5.91 Å². The molecule has 4 aliphatic rings. The van der Waals surface area contributed by atoms with Gasteiger partial charge >= 0.3 is 5.97 Å². The first-order chi connectivity index (χ1) is 26.8. The Morgan fingerprint density at radius 3 is 1.67 bits per heavy atom. The smallest absolute Gasteiger partial charge is 0.324 e. The number of anilines is 2. The molecule has 2 atom stereocenters. The maximum Gasteiger partial charge on any atom is 0.324 e. The number of halogens is 2. The van der Waals surface area contributed by atoms with Crippen LogP contribution in [-0.4, -0.2) is 91.2 Å². The van der Waals surface area contributed by atoms with E-state index in [1.807, 2.05) is 18.3 Å². The van der Waals surface area contributed by atoms with Crippen LogP contribution >= 0.6 is 31.9 Å². The van der Waals surface area contributed by atoms with E-state index in [-0.39, 0.29) is 28.8 Å². The molecule has 17 nitrogen and oxygen atoms in total. The molecule has 19 heteroatoms. The number of carboxylic acid groups (broad SMARTS) is 1. The first-order valence-corrected chi connectivity index (χ1v) is 19.9. The summed E-state index contributed by atoms with van der Waals surface area (Å²) in [5.74, 6) is -2.11. The first kappa shape index (κ1) is 41.4. The van der Waals surface area contributed by atoms with Crippen LogP contribution in [0.4, 0.5) is 11.4 Å². The van der Waals surface area contributed by atoms with Gasteiger partial charge in [0.1, 0.15) is 5.41 Å². The molecule has 4 aromatic rings. The number of carbonyl (C=O) groups excluding carboxylic acids is 3. The first-order valence-electron chi connectivity index (χ1n) is 18.3. The van der Waals surface area contributed by atoms with Gasteiger partial charge in [-0.1, -0.05) is 27.7 Å². The predicted molar refractivity (Wildman–Crippen MR) is 217 cm³/mol. The van der Waals surface area contributed by atoms with Crippen LogP contribution in [0.15, 0.2) is 45.9 Å². The van der Waals surface area contributed by atoms with E-state index in [1.165, 1.54) is 12.4 Å². The molecule has 300 valence electrons. The fourth-order valence-corrected chi connectivity index (χ4v) is 7.91. The molecule has 8 rings (SSSR count). The molecule has 2 saturated heterocycles. The number of likely N-dealkylation sites (tertiary alicyclic amines) is 1. The number of nitrogens with one attached hydrogen (secondary N) is 3. The SMILES string of the molecule is CC1(C)CN(C(=O)C2(C#N)CC2)CC1Nc1c(C(N)=O)cnn2cc(Br)cc12.CC1(C)CNCC1Nc1c(C(N)=O)cnn2cc(Br)cc12.N#CC1(C(=O)O)CC1. The predicted octanol–water partition coefficient (Wildman–Crippen LogP) is 4.13. The molecule has 0 aromatic carbocycles. The third-order valence-electron chi connectivity index (χ3n) is 11.2. The molecule has 3 amide bonds. The summed E-state index contributed by atoms with van der Waals surface area (Å²) in [7, 11) is 0. The van der Waals surface area contributed by atoms with Gasteiger partial charge in [-0.3, -0.25) is 19.2 Å². The summed E-state index contributed by atoms with van der Waals surface area (Å²) < 4.78 is 5.13. The molecule has 8 N–H and O–H groups in total. The molecule has 2 aliphatic heterocycles. The van der Waals surface area contributed by atoms with Crippen LogP contribution in [-0.2, 0) is 9.59 Å². The van der Waals surface area contributed by atoms with Crippen LogP contribution in [0.2, 0.25) is 0 Å². The summed E-state index contributed by atoms with van der Waals surface area (Å²) in [4.78, 5) is 48.4. The van der Waals surface area contributed by atoms with Crippen molar-refractivity contribution in [3.63, 3.8) is 0 Å². The van der Waals surface area contributed by atoms with Gasteiger partial charge in [-0.05, 0) is 75.1 Å². The number of carbonyl (C=O) groups is 4. The van der Waals surface area contributed by atoms with Crippen LogP contribution in [0.25, 0.3) is 11.0 Å². The summed E-state index contributed by atoms with van der Waals surface area (Å²) >= 11 is 6.87. The molecule has 6 heterocycles. The number of aliphatic carboxylic acids is 1. The number of amides is 3. The number of carboxylic acids is 1. The zero-order valence-corrected chi connectivity index (χ0v) is 35.1. The van der Waals surface area contributed by atoms with Crippen molar-refractivity contribution in [3.8, 4) is 12.1 Å². The van der Waals surface area contributed by atoms with Crippen molar-refractivity contribution in [1.82, 2.24) is 29.4 Å². The van der Waals surface area contributed by atoms with Crippen molar-refractivity contribution in [2.24, 2.45) is 33.1 Å². The second-order valence-corrected chi connectivity index (χ2v) is 18.3. The molecule has 4 fully saturated rings.